The molecule has 0 fully saturated rings. The van der Waals surface area contributed by atoms with Gasteiger partial charge in [-0.2, -0.15) is 0 Å². The first-order valence-corrected chi connectivity index (χ1v) is 29.7. The number of unbranched alkanes of at least 4 members (excludes halogenated alkanes) is 12. The van der Waals surface area contributed by atoms with E-state index >= 15 is 0 Å². The van der Waals surface area contributed by atoms with Crippen molar-refractivity contribution in [3.05, 3.63) is 192 Å². The second-order valence-electron chi connectivity index (χ2n) is 22.5. The van der Waals surface area contributed by atoms with E-state index in [1.807, 2.05) is 12.2 Å². The summed E-state index contributed by atoms with van der Waals surface area (Å²) in [6.07, 6.45) is 32.7. The molecule has 2 nitrogen and oxygen atoms in total. The minimum absolute atomic E-state index is 0.0664. The van der Waals surface area contributed by atoms with E-state index in [-0.39, 0.29) is 10.8 Å². The van der Waals surface area contributed by atoms with Crippen molar-refractivity contribution in [3.63, 3.8) is 0 Å². The number of para-hydroxylation sites is 2. The minimum atomic E-state index is -0.151. The molecule has 2 heteroatoms. The van der Waals surface area contributed by atoms with Crippen LogP contribution in [-0.2, 0) is 10.8 Å². The zero-order chi connectivity index (χ0) is 52.8. The molecule has 0 radical (unpaired) electrons. The summed E-state index contributed by atoms with van der Waals surface area (Å²) >= 11 is 0. The van der Waals surface area contributed by atoms with Crippen molar-refractivity contribution in [1.82, 2.24) is 0 Å². The summed E-state index contributed by atoms with van der Waals surface area (Å²) in [4.78, 5) is 5.27. The van der Waals surface area contributed by atoms with Gasteiger partial charge in [0.05, 0.1) is 34.1 Å². The maximum atomic E-state index is 4.50. The van der Waals surface area contributed by atoms with Crippen LogP contribution in [0, 0.1) is 0 Å². The highest BCUT2D eigenvalue weighted by Gasteiger charge is 2.45. The molecule has 0 N–H and O–H groups in total. The number of benzene rings is 8. The van der Waals surface area contributed by atoms with Gasteiger partial charge in [0, 0.05) is 32.4 Å². The average molecular weight is 1000 g/mol. The van der Waals surface area contributed by atoms with Crippen molar-refractivity contribution < 1.29 is 0 Å². The summed E-state index contributed by atoms with van der Waals surface area (Å²) in [5.41, 5.74) is 17.7. The van der Waals surface area contributed by atoms with Gasteiger partial charge < -0.3 is 9.80 Å². The summed E-state index contributed by atoms with van der Waals surface area (Å²) in [6.45, 7) is 27.0. The number of anilines is 6. The van der Waals surface area contributed by atoms with Gasteiger partial charge in [-0.1, -0.05) is 260 Å². The Morgan fingerprint density at radius 2 is 0.724 bits per heavy atom. The smallest absolute Gasteiger partial charge is 0.0547 e. The fraction of sp³-hybridized carbons (Fsp3) is 0.351. The summed E-state index contributed by atoms with van der Waals surface area (Å²) in [6, 6.07) is 47.8. The molecule has 0 amide bonds. The zero-order valence-corrected chi connectivity index (χ0v) is 46.7. The molecule has 0 spiro atoms. The fourth-order valence-electron chi connectivity index (χ4n) is 14.2. The lowest BCUT2D eigenvalue weighted by Crippen LogP contribution is -2.36. The molecule has 2 aliphatic rings. The van der Waals surface area contributed by atoms with Gasteiger partial charge in [-0.25, -0.2) is 0 Å². The number of fused-ring (bicyclic) bond motifs is 4. The molecule has 0 saturated carbocycles. The van der Waals surface area contributed by atoms with Crippen molar-refractivity contribution in [2.24, 2.45) is 0 Å². The van der Waals surface area contributed by atoms with Gasteiger partial charge in [-0.3, -0.25) is 0 Å². The first-order valence-electron chi connectivity index (χ1n) is 29.7. The Balaban J connectivity index is 1.24. The Morgan fingerprint density at radius 1 is 0.329 bits per heavy atom. The third-order valence-corrected chi connectivity index (χ3v) is 18.0. The van der Waals surface area contributed by atoms with Gasteiger partial charge in [0.1, 0.15) is 0 Å². The van der Waals surface area contributed by atoms with E-state index in [4.69, 9.17) is 0 Å². The van der Waals surface area contributed by atoms with E-state index in [1.54, 1.807) is 0 Å². The Morgan fingerprint density at radius 3 is 1.17 bits per heavy atom. The largest absolute Gasteiger partial charge is 0.309 e. The van der Waals surface area contributed by atoms with Crippen molar-refractivity contribution in [2.75, 3.05) is 9.80 Å². The van der Waals surface area contributed by atoms with Gasteiger partial charge in [0.25, 0.3) is 0 Å². The van der Waals surface area contributed by atoms with Crippen LogP contribution in [0.15, 0.2) is 148 Å². The van der Waals surface area contributed by atoms with Crippen LogP contribution >= 0.6 is 0 Å². The second kappa shape index (κ2) is 23.3. The summed E-state index contributed by atoms with van der Waals surface area (Å²) in [5, 5.41) is 7.46. The van der Waals surface area contributed by atoms with Gasteiger partial charge in [0.15, 0.2) is 0 Å². The molecule has 0 saturated heterocycles. The highest BCUT2D eigenvalue weighted by atomic mass is 15.2. The monoisotopic (exact) mass is 1000 g/mol. The molecular formula is C74H84N2. The SMILES string of the molecule is C=Cc1ccc2c(c1)N(c1cc3c(C=C)ccc4c(N5c6ccccc6C(CCCCCC)(CCCCCC)c6ccccc65)cc5c(C=C)ccc1c5c34)c1ccc(C=C)cc1C2(CCCCCC)CCCCCC. The standard InChI is InChI=1S/C74H84N2/c1-9-17-21-29-45-73(46-30-22-18-10-2)61-33-25-27-35-65(61)75(66-36-28-26-34-62(66)73)68-51-59-55(15-7)40-42-58-69(52-60-56(16-8)39-41-57(68)71(60)72(58)59)76-67-44-38-53(13-5)49-64(67)74(47-31-23-19-11-3,48-32-24-20-12-4)63-43-37-54(14-6)50-70(63)76/h13-16,25-28,33-44,49-52H,5-12,17-24,29-32,45-48H2,1-4H3. The van der Waals surface area contributed by atoms with E-state index in [0.29, 0.717) is 0 Å². The lowest BCUT2D eigenvalue weighted by Gasteiger charge is -2.47. The first-order chi connectivity index (χ1) is 37.4. The maximum absolute atomic E-state index is 4.50. The van der Waals surface area contributed by atoms with E-state index in [1.165, 1.54) is 197 Å². The molecule has 10 rings (SSSR count). The van der Waals surface area contributed by atoms with E-state index in [0.717, 1.165) is 42.4 Å². The van der Waals surface area contributed by atoms with Crippen LogP contribution in [0.2, 0.25) is 0 Å². The molecule has 0 bridgehead atoms. The topological polar surface area (TPSA) is 6.48 Å². The van der Waals surface area contributed by atoms with E-state index < -0.39 is 0 Å². The third kappa shape index (κ3) is 9.22. The third-order valence-electron chi connectivity index (χ3n) is 18.0. The van der Waals surface area contributed by atoms with Crippen molar-refractivity contribution >= 4 is 90.7 Å². The Kier molecular flexibility index (Phi) is 16.2. The van der Waals surface area contributed by atoms with Crippen LogP contribution in [0.3, 0.4) is 0 Å². The normalized spacial score (nSPS) is 14.2. The van der Waals surface area contributed by atoms with Gasteiger partial charge in [-0.15, -0.1) is 0 Å². The Bertz CT molecular complexity index is 3310. The molecular weight excluding hydrogens is 917 g/mol. The lowest BCUT2D eigenvalue weighted by molar-refractivity contribution is 0.391. The summed E-state index contributed by atoms with van der Waals surface area (Å²) in [5.74, 6) is 0. The molecule has 0 atom stereocenters. The molecule has 2 heterocycles. The maximum Gasteiger partial charge on any atom is 0.0547 e. The van der Waals surface area contributed by atoms with Crippen LogP contribution in [-0.4, -0.2) is 0 Å². The van der Waals surface area contributed by atoms with Gasteiger partial charge >= 0.3 is 0 Å². The van der Waals surface area contributed by atoms with Gasteiger partial charge in [0.2, 0.25) is 0 Å². The second-order valence-corrected chi connectivity index (χ2v) is 22.5. The number of hydrogen-bond donors (Lipinski definition) is 0. The van der Waals surface area contributed by atoms with Crippen molar-refractivity contribution in [3.8, 4) is 0 Å². The Hall–Kier alpha value is -6.64. The van der Waals surface area contributed by atoms with Crippen LogP contribution in [0.25, 0.3) is 56.6 Å². The lowest BCUT2D eigenvalue weighted by atomic mass is 9.64. The predicted octanol–water partition coefficient (Wildman–Crippen LogP) is 23.2. The number of rotatable bonds is 26. The predicted molar refractivity (Wildman–Crippen MR) is 336 cm³/mol. The summed E-state index contributed by atoms with van der Waals surface area (Å²) < 4.78 is 0. The molecule has 8 aromatic rings. The average Bonchev–Trinajstić information content (AvgIpc) is 3.56. The molecule has 2 aliphatic heterocycles. The summed E-state index contributed by atoms with van der Waals surface area (Å²) in [7, 11) is 0. The molecule has 0 unspecified atom stereocenters. The molecule has 390 valence electrons. The van der Waals surface area contributed by atoms with Crippen LogP contribution in [0.1, 0.15) is 201 Å². The van der Waals surface area contributed by atoms with E-state index in [2.05, 4.69) is 197 Å². The Labute approximate surface area is 457 Å². The van der Waals surface area contributed by atoms with Crippen molar-refractivity contribution in [2.45, 2.75) is 167 Å². The van der Waals surface area contributed by atoms with E-state index in [9.17, 15) is 0 Å². The number of hydrogen-bond acceptors (Lipinski definition) is 2. The molecule has 0 aromatic heterocycles. The van der Waals surface area contributed by atoms with Crippen LogP contribution in [0.4, 0.5) is 34.1 Å². The highest BCUT2D eigenvalue weighted by Crippen LogP contribution is 2.61. The first kappa shape index (κ1) is 52.8. The van der Waals surface area contributed by atoms with Crippen molar-refractivity contribution in [1.29, 1.82) is 0 Å². The van der Waals surface area contributed by atoms with Crippen LogP contribution < -0.4 is 9.80 Å². The van der Waals surface area contributed by atoms with Crippen LogP contribution in [0.5, 0.6) is 0 Å². The highest BCUT2D eigenvalue weighted by molar-refractivity contribution is 6.32. The fourth-order valence-corrected chi connectivity index (χ4v) is 14.2. The molecule has 0 aliphatic carbocycles. The number of nitrogens with zero attached hydrogens (tertiary/aromatic N) is 2. The quantitative estimate of drug-likeness (QED) is 0.0394. The minimum Gasteiger partial charge on any atom is -0.309 e. The zero-order valence-electron chi connectivity index (χ0n) is 46.7. The molecule has 76 heavy (non-hydrogen) atoms. The van der Waals surface area contributed by atoms with Gasteiger partial charge in [-0.05, 0) is 123 Å². The molecule has 8 aromatic carbocycles.